The number of nitrogens with zero attached hydrogens (tertiary/aromatic N) is 6. The first-order chi connectivity index (χ1) is 15.9. The van der Waals surface area contributed by atoms with Crippen molar-refractivity contribution in [3.63, 3.8) is 0 Å². The summed E-state index contributed by atoms with van der Waals surface area (Å²) >= 11 is 6.42. The molecule has 5 aromatic rings. The van der Waals surface area contributed by atoms with E-state index < -0.39 is 11.5 Å². The second kappa shape index (κ2) is 7.91. The van der Waals surface area contributed by atoms with Crippen LogP contribution in [-0.2, 0) is 14.1 Å². The third kappa shape index (κ3) is 3.83. The van der Waals surface area contributed by atoms with Gasteiger partial charge in [-0.2, -0.15) is 15.2 Å². The van der Waals surface area contributed by atoms with Crippen LogP contribution in [0.3, 0.4) is 0 Å². The van der Waals surface area contributed by atoms with Gasteiger partial charge in [0.25, 0.3) is 23.3 Å². The van der Waals surface area contributed by atoms with Crippen LogP contribution in [0.2, 0.25) is 5.02 Å². The summed E-state index contributed by atoms with van der Waals surface area (Å²) < 4.78 is 8.16. The molecule has 0 spiro atoms. The van der Waals surface area contributed by atoms with Crippen molar-refractivity contribution in [3.05, 3.63) is 63.9 Å². The van der Waals surface area contributed by atoms with E-state index in [9.17, 15) is 9.59 Å². The molecule has 1 aromatic carbocycles. The van der Waals surface area contributed by atoms with Crippen LogP contribution in [0.5, 0.6) is 0 Å². The number of amides is 1. The highest BCUT2D eigenvalue weighted by atomic mass is 35.5. The Morgan fingerprint density at radius 1 is 1.18 bits per heavy atom. The number of aromatic amines is 1. The van der Waals surface area contributed by atoms with E-state index in [0.717, 1.165) is 10.9 Å². The number of hydrogen-bond donors (Lipinski definition) is 3. The smallest absolute Gasteiger partial charge is 0.274 e. The minimum Gasteiger partial charge on any atom is -0.332 e. The molecule has 3 N–H and O–H groups in total. The van der Waals surface area contributed by atoms with E-state index in [4.69, 9.17) is 16.1 Å². The van der Waals surface area contributed by atoms with Gasteiger partial charge in [0.2, 0.25) is 0 Å². The van der Waals surface area contributed by atoms with Crippen LogP contribution in [0.15, 0.2) is 52.3 Å². The zero-order valence-corrected chi connectivity index (χ0v) is 18.1. The Morgan fingerprint density at radius 2 is 2.03 bits per heavy atom. The van der Waals surface area contributed by atoms with Crippen molar-refractivity contribution in [1.29, 1.82) is 0 Å². The molecule has 0 bridgehead atoms. The van der Waals surface area contributed by atoms with Crippen LogP contribution < -0.4 is 16.2 Å². The number of fused-ring (bicyclic) bond motifs is 1. The summed E-state index contributed by atoms with van der Waals surface area (Å²) in [6.07, 6.45) is 6.11. The lowest BCUT2D eigenvalue weighted by Crippen LogP contribution is -2.24. The first-order valence-electron chi connectivity index (χ1n) is 9.62. The minimum atomic E-state index is -0.463. The second-order valence-electron chi connectivity index (χ2n) is 7.22. The number of nitrogens with one attached hydrogen (secondary N) is 3. The van der Waals surface area contributed by atoms with Crippen LogP contribution in [-0.4, -0.2) is 40.6 Å². The van der Waals surface area contributed by atoms with Gasteiger partial charge in [-0.15, -0.1) is 0 Å². The average molecular weight is 466 g/mol. The number of aromatic nitrogens is 7. The Labute approximate surface area is 190 Å². The van der Waals surface area contributed by atoms with Gasteiger partial charge < -0.3 is 19.7 Å². The first-order valence-corrected chi connectivity index (χ1v) is 10.00. The zero-order chi connectivity index (χ0) is 23.1. The van der Waals surface area contributed by atoms with E-state index in [0.29, 0.717) is 21.8 Å². The molecule has 0 fully saturated rings. The molecular formula is C20H16ClN9O3. The quantitative estimate of drug-likeness (QED) is 0.358. The van der Waals surface area contributed by atoms with Crippen molar-refractivity contribution in [2.75, 3.05) is 10.6 Å². The third-order valence-corrected chi connectivity index (χ3v) is 5.28. The number of aryl methyl sites for hydroxylation is 2. The highest BCUT2D eigenvalue weighted by Crippen LogP contribution is 2.31. The number of hydrogen-bond acceptors (Lipinski definition) is 8. The summed E-state index contributed by atoms with van der Waals surface area (Å²) in [7, 11) is 3.25. The summed E-state index contributed by atoms with van der Waals surface area (Å²) in [6, 6.07) is 5.05. The predicted molar refractivity (Wildman–Crippen MR) is 121 cm³/mol. The molecule has 1 amide bonds. The zero-order valence-electron chi connectivity index (χ0n) is 17.3. The van der Waals surface area contributed by atoms with Gasteiger partial charge in [-0.05, 0) is 23.4 Å². The number of pyridine rings is 1. The highest BCUT2D eigenvalue weighted by molar-refractivity contribution is 6.38. The Hall–Kier alpha value is -4.45. The number of carbonyl (C=O) groups excluding carboxylic acids is 1. The molecule has 0 radical (unpaired) electrons. The van der Waals surface area contributed by atoms with Crippen LogP contribution >= 0.6 is 11.6 Å². The molecular weight excluding hydrogens is 450 g/mol. The topological polar surface area (TPSA) is 149 Å². The van der Waals surface area contributed by atoms with Crippen LogP contribution in [0.4, 0.5) is 17.3 Å². The molecule has 0 aliphatic heterocycles. The summed E-state index contributed by atoms with van der Waals surface area (Å²) in [5.74, 6) is -0.149. The van der Waals surface area contributed by atoms with Crippen LogP contribution in [0.25, 0.3) is 22.4 Å². The van der Waals surface area contributed by atoms with Gasteiger partial charge in [-0.1, -0.05) is 11.6 Å². The highest BCUT2D eigenvalue weighted by Gasteiger charge is 2.17. The lowest BCUT2D eigenvalue weighted by atomic mass is 10.2. The molecule has 0 saturated carbocycles. The lowest BCUT2D eigenvalue weighted by Gasteiger charge is -2.07. The lowest BCUT2D eigenvalue weighted by molar-refractivity contribution is 0.102. The number of H-pyrrole nitrogens is 1. The summed E-state index contributed by atoms with van der Waals surface area (Å²) in [5, 5.41) is 21.5. The molecule has 0 saturated heterocycles. The summed E-state index contributed by atoms with van der Waals surface area (Å²) in [6.45, 7) is 0. The van der Waals surface area contributed by atoms with Gasteiger partial charge in [-0.25, -0.2) is 0 Å². The number of rotatable bonds is 5. The Morgan fingerprint density at radius 3 is 2.82 bits per heavy atom. The van der Waals surface area contributed by atoms with Crippen molar-refractivity contribution in [2.24, 2.45) is 14.1 Å². The van der Waals surface area contributed by atoms with E-state index in [1.165, 1.54) is 27.7 Å². The SMILES string of the molecule is Cn1cc(C(=O)Nc2cc(-c3nc(Nc4ccc5[nH]ncc5c4Cl)no3)cn(C)c2=O)cn1. The molecule has 166 valence electrons. The molecule has 0 unspecified atom stereocenters. The summed E-state index contributed by atoms with van der Waals surface area (Å²) in [5.41, 5.74) is 1.79. The van der Waals surface area contributed by atoms with E-state index in [-0.39, 0.29) is 17.5 Å². The summed E-state index contributed by atoms with van der Waals surface area (Å²) in [4.78, 5) is 29.3. The molecule has 0 aliphatic rings. The maximum absolute atomic E-state index is 12.5. The van der Waals surface area contributed by atoms with E-state index in [1.807, 2.05) is 6.07 Å². The average Bonchev–Trinajstić information content (AvgIpc) is 3.54. The van der Waals surface area contributed by atoms with Crippen molar-refractivity contribution in [3.8, 4) is 11.5 Å². The van der Waals surface area contributed by atoms with Crippen molar-refractivity contribution in [1.82, 2.24) is 34.7 Å². The van der Waals surface area contributed by atoms with Gasteiger partial charge in [-0.3, -0.25) is 19.4 Å². The standard InChI is InChI=1S/C20H16ClN9O3/c1-29-8-10(5-15(19(29)32)24-17(31)11-6-23-30(2)9-11)18-26-20(28-33-18)25-14-4-3-13-12(16(14)21)7-22-27-13/h3-9H,1-2H3,(H,22,27)(H,24,31)(H,25,28). The van der Waals surface area contributed by atoms with Crippen molar-refractivity contribution < 1.29 is 9.32 Å². The molecule has 12 nitrogen and oxygen atoms in total. The van der Waals surface area contributed by atoms with Crippen molar-refractivity contribution >= 4 is 45.7 Å². The predicted octanol–water partition coefficient (Wildman–Crippen LogP) is 2.69. The number of benzene rings is 1. The minimum absolute atomic E-state index is 0.0602. The molecule has 4 aromatic heterocycles. The van der Waals surface area contributed by atoms with Crippen LogP contribution in [0.1, 0.15) is 10.4 Å². The fraction of sp³-hybridized carbons (Fsp3) is 0.100. The number of carbonyl (C=O) groups is 1. The Balaban J connectivity index is 1.42. The van der Waals surface area contributed by atoms with E-state index >= 15 is 0 Å². The fourth-order valence-corrected chi connectivity index (χ4v) is 3.50. The van der Waals surface area contributed by atoms with Gasteiger partial charge >= 0.3 is 0 Å². The molecule has 0 atom stereocenters. The molecule has 33 heavy (non-hydrogen) atoms. The van der Waals surface area contributed by atoms with Gasteiger partial charge in [0.15, 0.2) is 0 Å². The van der Waals surface area contributed by atoms with Gasteiger partial charge in [0.05, 0.1) is 39.7 Å². The molecule has 13 heteroatoms. The number of anilines is 3. The maximum Gasteiger partial charge on any atom is 0.274 e. The monoisotopic (exact) mass is 465 g/mol. The van der Waals surface area contributed by atoms with Crippen molar-refractivity contribution in [2.45, 2.75) is 0 Å². The molecule has 5 rings (SSSR count). The maximum atomic E-state index is 12.5. The van der Waals surface area contributed by atoms with Gasteiger partial charge in [0, 0.05) is 31.9 Å². The first kappa shape index (κ1) is 20.5. The molecule has 4 heterocycles. The molecule has 0 aliphatic carbocycles. The number of halogens is 1. The van der Waals surface area contributed by atoms with Crippen LogP contribution in [0, 0.1) is 0 Å². The fourth-order valence-electron chi connectivity index (χ4n) is 3.24. The Bertz CT molecular complexity index is 1560. The van der Waals surface area contributed by atoms with E-state index in [1.54, 1.807) is 32.6 Å². The largest absolute Gasteiger partial charge is 0.332 e. The second-order valence-corrected chi connectivity index (χ2v) is 7.60. The Kier molecular flexibility index (Phi) is 4.90. The van der Waals surface area contributed by atoms with Gasteiger partial charge in [0.1, 0.15) is 5.69 Å². The third-order valence-electron chi connectivity index (χ3n) is 4.88. The van der Waals surface area contributed by atoms with E-state index in [2.05, 4.69) is 36.1 Å². The normalized spacial score (nSPS) is 11.1.